The van der Waals surface area contributed by atoms with Crippen LogP contribution in [0.3, 0.4) is 0 Å². The molecular weight excluding hydrogens is 339 g/mol. The van der Waals surface area contributed by atoms with Crippen molar-refractivity contribution in [1.82, 2.24) is 0 Å². The average Bonchev–Trinajstić information content (AvgIpc) is 0.722. The maximum atomic E-state index is 7.33. The van der Waals surface area contributed by atoms with E-state index >= 15 is 0 Å². The van der Waals surface area contributed by atoms with Crippen molar-refractivity contribution < 1.29 is 91.7 Å². The van der Waals surface area contributed by atoms with Crippen molar-refractivity contribution in [3.8, 4) is 0 Å². The molecule has 0 spiro atoms. The van der Waals surface area contributed by atoms with Crippen molar-refractivity contribution in [2.45, 2.75) is 0 Å². The van der Waals surface area contributed by atoms with Crippen LogP contribution in [0.15, 0.2) is 0 Å². The zero-order chi connectivity index (χ0) is 4.50. The van der Waals surface area contributed by atoms with Crippen LogP contribution in [0.5, 0.6) is 0 Å². The molecule has 0 aromatic carbocycles. The fourth-order valence-electron chi connectivity index (χ4n) is 0. The summed E-state index contributed by atoms with van der Waals surface area (Å²) in [4.78, 5) is 29.3. The first kappa shape index (κ1) is 22.6. The Morgan fingerprint density at radius 3 is 1.00 bits per heavy atom. The molecule has 0 fully saturated rings. The first-order valence-electron chi connectivity index (χ1n) is 0.894. The monoisotopic (exact) mass is 347 g/mol. The summed E-state index contributed by atoms with van der Waals surface area (Å²) in [5, 5.41) is 0. The van der Waals surface area contributed by atoms with E-state index in [9.17, 15) is 0 Å². The van der Waals surface area contributed by atoms with Gasteiger partial charge in [0.15, 0.2) is 0 Å². The largest absolute Gasteiger partial charge is 2.00 e. The molecule has 0 bridgehead atoms. The Morgan fingerprint density at radius 2 is 1.00 bits per heavy atom. The molecule has 4 N–H and O–H groups in total. The van der Waals surface area contributed by atoms with Gasteiger partial charge >= 0.3 is 73.4 Å². The predicted octanol–water partition coefficient (Wildman–Crippen LogP) is -5.65. The molecule has 4 nitrogen and oxygen atoms in total. The standard InChI is InChI=1S/Eu.Li.H4O4Si.Sr.3H/c;;1-5(2,3)4;;;;/h;;1-4H;;;;/q;+1;;+2;3*-1. The normalized spacial score (nSPS) is 7.50. The van der Waals surface area contributed by atoms with Crippen molar-refractivity contribution in [2.75, 3.05) is 0 Å². The van der Waals surface area contributed by atoms with Crippen molar-refractivity contribution in [1.29, 1.82) is 0 Å². The number of hydrogen-bond donors (Lipinski definition) is 4. The van der Waals surface area contributed by atoms with Crippen LogP contribution < -0.4 is 18.9 Å². The van der Waals surface area contributed by atoms with Crippen LogP contribution in [0.25, 0.3) is 0 Å². The van der Waals surface area contributed by atoms with Gasteiger partial charge in [-0.05, 0) is 0 Å². The second kappa shape index (κ2) is 10.7. The molecule has 1 radical (unpaired) electrons. The molecule has 0 saturated carbocycles. The Kier molecular flexibility index (Phi) is 30.3. The van der Waals surface area contributed by atoms with Gasteiger partial charge in [0.05, 0.1) is 0 Å². The van der Waals surface area contributed by atoms with Gasteiger partial charge < -0.3 is 23.5 Å². The molecule has 8 heavy (non-hydrogen) atoms. The van der Waals surface area contributed by atoms with E-state index in [4.69, 9.17) is 19.2 Å². The second-order valence-corrected chi connectivity index (χ2v) is 1.80. The minimum absolute atomic E-state index is 0. The summed E-state index contributed by atoms with van der Waals surface area (Å²) in [7, 11) is -4.61. The third-order valence-corrected chi connectivity index (χ3v) is 0. The molecule has 45 valence electrons. The second-order valence-electron chi connectivity index (χ2n) is 0.600. The Bertz CT molecular complexity index is 40.8. The van der Waals surface area contributed by atoms with Gasteiger partial charge in [0.1, 0.15) is 0 Å². The van der Waals surface area contributed by atoms with Gasteiger partial charge in [-0.3, -0.25) is 0 Å². The molecule has 0 aromatic rings. The molecule has 0 amide bonds. The van der Waals surface area contributed by atoms with Gasteiger partial charge in [0, 0.05) is 49.4 Å². The van der Waals surface area contributed by atoms with Crippen molar-refractivity contribution >= 4 is 54.5 Å². The summed E-state index contributed by atoms with van der Waals surface area (Å²) in [6.07, 6.45) is 0. The van der Waals surface area contributed by atoms with E-state index in [1.165, 1.54) is 0 Å². The van der Waals surface area contributed by atoms with E-state index < -0.39 is 9.05 Å². The van der Waals surface area contributed by atoms with Crippen LogP contribution >= 0.6 is 0 Å². The van der Waals surface area contributed by atoms with E-state index in [2.05, 4.69) is 0 Å². The Labute approximate surface area is 143 Å². The van der Waals surface area contributed by atoms with Gasteiger partial charge in [-0.2, -0.15) is 0 Å². The summed E-state index contributed by atoms with van der Waals surface area (Å²) in [6.45, 7) is 0. The summed E-state index contributed by atoms with van der Waals surface area (Å²) >= 11 is 0. The first-order chi connectivity index (χ1) is 2.00. The maximum Gasteiger partial charge on any atom is 2.00 e. The molecule has 0 aliphatic heterocycles. The zero-order valence-electron chi connectivity index (χ0n) is 7.37. The van der Waals surface area contributed by atoms with E-state index in [0.717, 1.165) is 0 Å². The van der Waals surface area contributed by atoms with E-state index in [-0.39, 0.29) is 118 Å². The average molecular weight is 346 g/mol. The van der Waals surface area contributed by atoms with E-state index in [1.807, 2.05) is 0 Å². The molecule has 0 aliphatic carbocycles. The minimum atomic E-state index is -4.61. The third-order valence-electron chi connectivity index (χ3n) is 0. The predicted molar refractivity (Wildman–Crippen MR) is 23.7 cm³/mol. The molecule has 0 heterocycles. The summed E-state index contributed by atoms with van der Waals surface area (Å²) < 4.78 is 0. The Balaban J connectivity index is -0.00000000533. The third kappa shape index (κ3) is 53.4. The van der Waals surface area contributed by atoms with Crippen LogP contribution in [-0.2, 0) is 0 Å². The SMILES string of the molecule is O[Si](O)(O)O.[Eu].[H-].[H-].[H-].[Li+].[Sr+2]. The first-order valence-corrected chi connectivity index (χ1v) is 2.68. The molecule has 0 aliphatic rings. The fraction of sp³-hybridized carbons (Fsp3) is 0. The zero-order valence-corrected chi connectivity index (χ0v) is 11.3. The van der Waals surface area contributed by atoms with Crippen LogP contribution in [0.1, 0.15) is 4.28 Å². The molecule has 8 heteroatoms. The molecule has 0 saturated heterocycles. The smallest absolute Gasteiger partial charge is 1.00 e. The van der Waals surface area contributed by atoms with Gasteiger partial charge in [0.2, 0.25) is 0 Å². The van der Waals surface area contributed by atoms with E-state index in [1.54, 1.807) is 0 Å². The van der Waals surface area contributed by atoms with Crippen LogP contribution in [0, 0.1) is 49.4 Å². The quantitative estimate of drug-likeness (QED) is 0.330. The molecule has 0 aromatic heterocycles. The van der Waals surface area contributed by atoms with Gasteiger partial charge in [-0.25, -0.2) is 0 Å². The minimum Gasteiger partial charge on any atom is -1.00 e. The van der Waals surface area contributed by atoms with Crippen LogP contribution in [-0.4, -0.2) is 73.7 Å². The van der Waals surface area contributed by atoms with Gasteiger partial charge in [-0.1, -0.05) is 0 Å². The maximum absolute atomic E-state index is 7.33. The molecule has 0 unspecified atom stereocenters. The summed E-state index contributed by atoms with van der Waals surface area (Å²) in [6, 6.07) is 0. The van der Waals surface area contributed by atoms with Gasteiger partial charge in [-0.15, -0.1) is 0 Å². The summed E-state index contributed by atoms with van der Waals surface area (Å²) in [5.41, 5.74) is 0. The molecular formula is H7EuLiO4SiSr. The van der Waals surface area contributed by atoms with Crippen molar-refractivity contribution in [2.24, 2.45) is 0 Å². The van der Waals surface area contributed by atoms with Gasteiger partial charge in [0.25, 0.3) is 0 Å². The molecule has 0 atom stereocenters. The molecule has 0 rings (SSSR count). The Hall–Kier alpha value is 3.72. The topological polar surface area (TPSA) is 80.9 Å². The fourth-order valence-corrected chi connectivity index (χ4v) is 0. The van der Waals surface area contributed by atoms with Crippen molar-refractivity contribution in [3.63, 3.8) is 0 Å². The number of hydrogen-bond acceptors (Lipinski definition) is 4. The van der Waals surface area contributed by atoms with E-state index in [0.29, 0.717) is 0 Å². The van der Waals surface area contributed by atoms with Crippen LogP contribution in [0.2, 0.25) is 0 Å². The summed E-state index contributed by atoms with van der Waals surface area (Å²) in [5.74, 6) is 0. The van der Waals surface area contributed by atoms with Crippen molar-refractivity contribution in [3.05, 3.63) is 0 Å². The Morgan fingerprint density at radius 1 is 1.00 bits per heavy atom. The number of rotatable bonds is 0. The van der Waals surface area contributed by atoms with Crippen LogP contribution in [0.4, 0.5) is 0 Å².